The fourth-order valence-corrected chi connectivity index (χ4v) is 2.89. The van der Waals surface area contributed by atoms with Crippen LogP contribution in [0.2, 0.25) is 0 Å². The van der Waals surface area contributed by atoms with Crippen LogP contribution in [0, 0.1) is 0 Å². The van der Waals surface area contributed by atoms with Gasteiger partial charge in [-0.2, -0.15) is 0 Å². The van der Waals surface area contributed by atoms with Crippen molar-refractivity contribution in [1.82, 2.24) is 9.97 Å². The Labute approximate surface area is 163 Å². The Morgan fingerprint density at radius 2 is 1.11 bits per heavy atom. The number of hydrogen-bond donors (Lipinski definition) is 2. The van der Waals surface area contributed by atoms with Crippen LogP contribution in [0.15, 0.2) is 91.0 Å². The number of hydrogen-bond acceptors (Lipinski definition) is 5. The first-order valence-corrected chi connectivity index (χ1v) is 8.82. The molecule has 6 heteroatoms. The van der Waals surface area contributed by atoms with Crippen LogP contribution in [0.25, 0.3) is 33.9 Å². The molecule has 0 unspecified atom stereocenters. The van der Waals surface area contributed by atoms with Crippen LogP contribution in [0.3, 0.4) is 0 Å². The van der Waals surface area contributed by atoms with Gasteiger partial charge in [0.05, 0.1) is 11.4 Å². The highest BCUT2D eigenvalue weighted by molar-refractivity contribution is 6.33. The SMILES string of the molecule is OB(O)Oc1ccc(-c2nc(-c3ccccc3)cc(-c3ccccc3)n2)cc1. The molecule has 0 radical (unpaired) electrons. The summed E-state index contributed by atoms with van der Waals surface area (Å²) in [6.45, 7) is 0. The van der Waals surface area contributed by atoms with E-state index in [1.807, 2.05) is 66.7 Å². The van der Waals surface area contributed by atoms with E-state index in [1.165, 1.54) is 0 Å². The van der Waals surface area contributed by atoms with Gasteiger partial charge in [0, 0.05) is 16.7 Å². The third-order valence-corrected chi connectivity index (χ3v) is 4.22. The lowest BCUT2D eigenvalue weighted by atomic mass is 10.1. The average Bonchev–Trinajstić information content (AvgIpc) is 2.75. The van der Waals surface area contributed by atoms with Crippen LogP contribution in [0.1, 0.15) is 0 Å². The van der Waals surface area contributed by atoms with Crippen molar-refractivity contribution in [2.24, 2.45) is 0 Å². The first-order chi connectivity index (χ1) is 13.7. The summed E-state index contributed by atoms with van der Waals surface area (Å²) in [6.07, 6.45) is 0. The average molecular weight is 368 g/mol. The van der Waals surface area contributed by atoms with Crippen LogP contribution in [0.4, 0.5) is 0 Å². The van der Waals surface area contributed by atoms with E-state index in [9.17, 15) is 0 Å². The van der Waals surface area contributed by atoms with Gasteiger partial charge in [0.15, 0.2) is 5.82 Å². The van der Waals surface area contributed by atoms with E-state index in [1.54, 1.807) is 24.3 Å². The summed E-state index contributed by atoms with van der Waals surface area (Å²) in [7, 11) is -1.85. The predicted octanol–water partition coefficient (Wildman–Crippen LogP) is 3.83. The molecule has 0 saturated heterocycles. The van der Waals surface area contributed by atoms with Crippen molar-refractivity contribution in [3.8, 4) is 39.7 Å². The van der Waals surface area contributed by atoms with Crippen molar-refractivity contribution in [3.05, 3.63) is 91.0 Å². The normalized spacial score (nSPS) is 10.5. The molecule has 1 aromatic heterocycles. The van der Waals surface area contributed by atoms with E-state index >= 15 is 0 Å². The van der Waals surface area contributed by atoms with Crippen LogP contribution in [-0.4, -0.2) is 27.3 Å². The summed E-state index contributed by atoms with van der Waals surface area (Å²) < 4.78 is 4.86. The monoisotopic (exact) mass is 368 g/mol. The molecule has 28 heavy (non-hydrogen) atoms. The highest BCUT2D eigenvalue weighted by atomic mass is 16.6. The fourth-order valence-electron chi connectivity index (χ4n) is 2.89. The Morgan fingerprint density at radius 1 is 0.607 bits per heavy atom. The lowest BCUT2D eigenvalue weighted by Gasteiger charge is -2.10. The van der Waals surface area contributed by atoms with Gasteiger partial charge in [0.2, 0.25) is 0 Å². The van der Waals surface area contributed by atoms with Gasteiger partial charge < -0.3 is 14.7 Å². The minimum atomic E-state index is -1.85. The molecule has 136 valence electrons. The summed E-state index contributed by atoms with van der Waals surface area (Å²) in [5, 5.41) is 17.9. The molecular formula is C22H17BN2O3. The second-order valence-corrected chi connectivity index (χ2v) is 6.16. The molecule has 0 bridgehead atoms. The van der Waals surface area contributed by atoms with Gasteiger partial charge in [-0.3, -0.25) is 0 Å². The third-order valence-electron chi connectivity index (χ3n) is 4.22. The number of nitrogens with zero attached hydrogens (tertiary/aromatic N) is 2. The molecule has 3 aromatic carbocycles. The van der Waals surface area contributed by atoms with Gasteiger partial charge in [0.1, 0.15) is 5.75 Å². The topological polar surface area (TPSA) is 75.5 Å². The Kier molecular flexibility index (Phi) is 5.15. The van der Waals surface area contributed by atoms with Gasteiger partial charge in [-0.1, -0.05) is 60.7 Å². The van der Waals surface area contributed by atoms with E-state index in [0.29, 0.717) is 11.6 Å². The van der Waals surface area contributed by atoms with Crippen LogP contribution >= 0.6 is 0 Å². The zero-order valence-corrected chi connectivity index (χ0v) is 14.9. The second-order valence-electron chi connectivity index (χ2n) is 6.16. The smallest absolute Gasteiger partial charge is 0.512 e. The summed E-state index contributed by atoms with van der Waals surface area (Å²) in [5.41, 5.74) is 4.47. The number of aromatic nitrogens is 2. The standard InChI is InChI=1S/C22H17BN2O3/c26-23(27)28-19-13-11-18(12-14-19)22-24-20(16-7-3-1-4-8-16)15-21(25-22)17-9-5-2-6-10-17/h1-15,26-27H. The molecule has 5 nitrogen and oxygen atoms in total. The van der Waals surface area contributed by atoms with Gasteiger partial charge in [0.25, 0.3) is 0 Å². The van der Waals surface area contributed by atoms with Gasteiger partial charge in [-0.15, -0.1) is 0 Å². The lowest BCUT2D eigenvalue weighted by molar-refractivity contribution is 0.288. The molecule has 0 amide bonds. The predicted molar refractivity (Wildman–Crippen MR) is 109 cm³/mol. The van der Waals surface area contributed by atoms with Crippen molar-refractivity contribution < 1.29 is 14.7 Å². The zero-order chi connectivity index (χ0) is 19.3. The first kappa shape index (κ1) is 17.9. The second kappa shape index (κ2) is 8.04. The van der Waals surface area contributed by atoms with Crippen molar-refractivity contribution >= 4 is 7.32 Å². The van der Waals surface area contributed by atoms with E-state index in [4.69, 9.17) is 24.7 Å². The van der Waals surface area contributed by atoms with Gasteiger partial charge in [-0.05, 0) is 30.3 Å². The summed E-state index contributed by atoms with van der Waals surface area (Å²) >= 11 is 0. The number of rotatable bonds is 5. The molecular weight excluding hydrogens is 351 g/mol. The first-order valence-electron chi connectivity index (χ1n) is 8.82. The molecule has 0 fully saturated rings. The van der Waals surface area contributed by atoms with Crippen molar-refractivity contribution in [2.75, 3.05) is 0 Å². The minimum absolute atomic E-state index is 0.348. The lowest BCUT2D eigenvalue weighted by Crippen LogP contribution is -2.20. The van der Waals surface area contributed by atoms with Crippen LogP contribution in [0.5, 0.6) is 5.75 Å². The summed E-state index contributed by atoms with van der Waals surface area (Å²) in [4.78, 5) is 9.48. The van der Waals surface area contributed by atoms with E-state index in [-0.39, 0.29) is 0 Å². The zero-order valence-electron chi connectivity index (χ0n) is 14.9. The van der Waals surface area contributed by atoms with Crippen molar-refractivity contribution in [3.63, 3.8) is 0 Å². The maximum Gasteiger partial charge on any atom is 0.707 e. The van der Waals surface area contributed by atoms with Crippen LogP contribution in [-0.2, 0) is 0 Å². The maximum atomic E-state index is 8.93. The Hall–Kier alpha value is -3.48. The van der Waals surface area contributed by atoms with Crippen molar-refractivity contribution in [1.29, 1.82) is 0 Å². The molecule has 0 saturated carbocycles. The highest BCUT2D eigenvalue weighted by Crippen LogP contribution is 2.28. The molecule has 0 aliphatic heterocycles. The summed E-state index contributed by atoms with van der Waals surface area (Å²) in [6, 6.07) is 28.8. The molecule has 0 atom stereocenters. The van der Waals surface area contributed by atoms with Crippen molar-refractivity contribution in [2.45, 2.75) is 0 Å². The maximum absolute atomic E-state index is 8.93. The Morgan fingerprint density at radius 3 is 1.57 bits per heavy atom. The van der Waals surface area contributed by atoms with Gasteiger partial charge in [-0.25, -0.2) is 9.97 Å². The molecule has 4 aromatic rings. The highest BCUT2D eigenvalue weighted by Gasteiger charge is 2.13. The fraction of sp³-hybridized carbons (Fsp3) is 0. The molecule has 1 heterocycles. The molecule has 0 spiro atoms. The molecule has 0 aliphatic carbocycles. The minimum Gasteiger partial charge on any atom is -0.512 e. The Bertz CT molecular complexity index is 998. The summed E-state index contributed by atoms with van der Waals surface area (Å²) in [5.74, 6) is 0.928. The third kappa shape index (κ3) is 4.09. The Balaban J connectivity index is 1.80. The molecule has 2 N–H and O–H groups in total. The molecule has 4 rings (SSSR count). The van der Waals surface area contributed by atoms with E-state index in [0.717, 1.165) is 28.1 Å². The largest absolute Gasteiger partial charge is 0.707 e. The van der Waals surface area contributed by atoms with E-state index in [2.05, 4.69) is 0 Å². The molecule has 0 aliphatic rings. The van der Waals surface area contributed by atoms with Crippen LogP contribution < -0.4 is 4.65 Å². The van der Waals surface area contributed by atoms with Gasteiger partial charge >= 0.3 is 7.32 Å². The van der Waals surface area contributed by atoms with E-state index < -0.39 is 7.32 Å². The quantitative estimate of drug-likeness (QED) is 0.524. The number of benzene rings is 3.